The molecule has 0 saturated heterocycles. The summed E-state index contributed by atoms with van der Waals surface area (Å²) in [5.74, 6) is 2.96. The Morgan fingerprint density at radius 1 is 1.25 bits per heavy atom. The molecule has 0 amide bonds. The second-order valence-corrected chi connectivity index (χ2v) is 5.70. The lowest BCUT2D eigenvalue weighted by Gasteiger charge is -2.16. The fourth-order valence-corrected chi connectivity index (χ4v) is 2.57. The zero-order valence-corrected chi connectivity index (χ0v) is 14.3. The number of hydrogen-bond donors (Lipinski definition) is 1. The summed E-state index contributed by atoms with van der Waals surface area (Å²) in [6, 6.07) is 5.72. The lowest BCUT2D eigenvalue weighted by Crippen LogP contribution is -2.17. The van der Waals surface area contributed by atoms with Crippen LogP contribution in [0.5, 0.6) is 0 Å². The van der Waals surface area contributed by atoms with Gasteiger partial charge < -0.3 is 14.5 Å². The first kappa shape index (κ1) is 16.2. The van der Waals surface area contributed by atoms with Crippen LogP contribution >= 0.6 is 0 Å². The summed E-state index contributed by atoms with van der Waals surface area (Å²) in [4.78, 5) is 8.87. The fourth-order valence-electron chi connectivity index (χ4n) is 2.57. The van der Waals surface area contributed by atoms with Gasteiger partial charge in [-0.25, -0.2) is 9.67 Å². The van der Waals surface area contributed by atoms with E-state index in [1.165, 1.54) is 0 Å². The van der Waals surface area contributed by atoms with Gasteiger partial charge in [0.15, 0.2) is 5.82 Å². The predicted octanol–water partition coefficient (Wildman–Crippen LogP) is 2.98. The monoisotopic (exact) mass is 327 g/mol. The standard InChI is InChI=1S/C17H21N5O2/c1-11-7-12(2)22(21-11)17-9-18-8-16(20-17)19-14(10-23-4)15-6-5-13(3)24-15/h5-9,14H,10H2,1-4H3,(H,19,20)/t14-/m0/s1. The van der Waals surface area contributed by atoms with E-state index >= 15 is 0 Å². The van der Waals surface area contributed by atoms with Crippen LogP contribution in [0.2, 0.25) is 0 Å². The molecular formula is C17H21N5O2. The molecule has 0 aliphatic heterocycles. The highest BCUT2D eigenvalue weighted by Crippen LogP contribution is 2.21. The number of nitrogens with zero attached hydrogens (tertiary/aromatic N) is 4. The van der Waals surface area contributed by atoms with E-state index < -0.39 is 0 Å². The lowest BCUT2D eigenvalue weighted by molar-refractivity contribution is 0.178. The van der Waals surface area contributed by atoms with Crippen molar-refractivity contribution in [1.29, 1.82) is 0 Å². The van der Waals surface area contributed by atoms with E-state index in [0.717, 1.165) is 22.9 Å². The molecule has 0 unspecified atom stereocenters. The topological polar surface area (TPSA) is 78.0 Å². The molecule has 126 valence electrons. The first-order valence-corrected chi connectivity index (χ1v) is 7.74. The van der Waals surface area contributed by atoms with Crippen molar-refractivity contribution in [3.05, 3.63) is 53.5 Å². The molecule has 0 aromatic carbocycles. The molecule has 3 aromatic heterocycles. The highest BCUT2D eigenvalue weighted by Gasteiger charge is 2.16. The molecule has 3 heterocycles. The number of anilines is 1. The van der Waals surface area contributed by atoms with Crippen LogP contribution in [-0.4, -0.2) is 33.5 Å². The van der Waals surface area contributed by atoms with E-state index in [1.54, 1.807) is 24.2 Å². The Balaban J connectivity index is 1.86. The van der Waals surface area contributed by atoms with Gasteiger partial charge in [-0.3, -0.25) is 4.98 Å². The van der Waals surface area contributed by atoms with Crippen molar-refractivity contribution in [1.82, 2.24) is 19.7 Å². The Kier molecular flexibility index (Phi) is 4.61. The third-order valence-electron chi connectivity index (χ3n) is 3.61. The second-order valence-electron chi connectivity index (χ2n) is 5.70. The van der Waals surface area contributed by atoms with E-state index in [0.29, 0.717) is 18.2 Å². The summed E-state index contributed by atoms with van der Waals surface area (Å²) in [7, 11) is 1.66. The summed E-state index contributed by atoms with van der Waals surface area (Å²) in [6.07, 6.45) is 3.36. The van der Waals surface area contributed by atoms with Gasteiger partial charge in [0, 0.05) is 12.8 Å². The van der Waals surface area contributed by atoms with E-state index in [9.17, 15) is 0 Å². The smallest absolute Gasteiger partial charge is 0.174 e. The number of ether oxygens (including phenoxy) is 1. The van der Waals surface area contributed by atoms with Crippen LogP contribution in [0.1, 0.15) is 29.0 Å². The van der Waals surface area contributed by atoms with Crippen LogP contribution in [0.3, 0.4) is 0 Å². The molecule has 0 saturated carbocycles. The number of rotatable bonds is 6. The summed E-state index contributed by atoms with van der Waals surface area (Å²) in [6.45, 7) is 6.31. The molecule has 3 rings (SSSR count). The Labute approximate surface area is 140 Å². The van der Waals surface area contributed by atoms with Crippen molar-refractivity contribution in [2.24, 2.45) is 0 Å². The number of aryl methyl sites for hydroxylation is 3. The zero-order chi connectivity index (χ0) is 17.1. The largest absolute Gasteiger partial charge is 0.464 e. The molecule has 0 aliphatic carbocycles. The number of nitrogens with one attached hydrogen (secondary N) is 1. The van der Waals surface area contributed by atoms with Crippen molar-refractivity contribution >= 4 is 5.82 Å². The fraction of sp³-hybridized carbons (Fsp3) is 0.353. The molecule has 0 aliphatic rings. The molecule has 1 N–H and O–H groups in total. The first-order chi connectivity index (χ1) is 11.6. The van der Waals surface area contributed by atoms with Gasteiger partial charge in [-0.05, 0) is 39.0 Å². The van der Waals surface area contributed by atoms with Gasteiger partial charge in [0.25, 0.3) is 0 Å². The maximum Gasteiger partial charge on any atom is 0.174 e. The first-order valence-electron chi connectivity index (χ1n) is 7.74. The van der Waals surface area contributed by atoms with Crippen LogP contribution in [0.4, 0.5) is 5.82 Å². The van der Waals surface area contributed by atoms with E-state index in [2.05, 4.69) is 20.4 Å². The molecule has 0 fully saturated rings. The quantitative estimate of drug-likeness (QED) is 0.750. The van der Waals surface area contributed by atoms with Crippen molar-refractivity contribution < 1.29 is 9.15 Å². The highest BCUT2D eigenvalue weighted by atomic mass is 16.5. The minimum atomic E-state index is -0.145. The molecule has 3 aromatic rings. The number of aromatic nitrogens is 4. The molecule has 1 atom stereocenters. The van der Waals surface area contributed by atoms with Crippen LogP contribution in [-0.2, 0) is 4.74 Å². The minimum absolute atomic E-state index is 0.145. The summed E-state index contributed by atoms with van der Waals surface area (Å²) in [5, 5.41) is 7.75. The molecule has 0 spiro atoms. The third-order valence-corrected chi connectivity index (χ3v) is 3.61. The van der Waals surface area contributed by atoms with Crippen molar-refractivity contribution in [2.75, 3.05) is 19.0 Å². The Morgan fingerprint density at radius 2 is 2.08 bits per heavy atom. The zero-order valence-electron chi connectivity index (χ0n) is 14.3. The molecule has 0 radical (unpaired) electrons. The van der Waals surface area contributed by atoms with Crippen LogP contribution in [0.25, 0.3) is 5.82 Å². The number of hydrogen-bond acceptors (Lipinski definition) is 6. The normalized spacial score (nSPS) is 12.3. The van der Waals surface area contributed by atoms with E-state index in [4.69, 9.17) is 9.15 Å². The minimum Gasteiger partial charge on any atom is -0.464 e. The average Bonchev–Trinajstić information content (AvgIpc) is 3.12. The summed E-state index contributed by atoms with van der Waals surface area (Å²) < 4.78 is 12.8. The van der Waals surface area contributed by atoms with Crippen molar-refractivity contribution in [2.45, 2.75) is 26.8 Å². The SMILES string of the molecule is COC[C@H](Nc1cncc(-n2nc(C)cc2C)n1)c1ccc(C)o1. The summed E-state index contributed by atoms with van der Waals surface area (Å²) >= 11 is 0. The van der Waals surface area contributed by atoms with Gasteiger partial charge in [0.1, 0.15) is 23.4 Å². The molecule has 0 bridgehead atoms. The third kappa shape index (κ3) is 3.46. The average molecular weight is 327 g/mol. The Bertz CT molecular complexity index is 824. The predicted molar refractivity (Wildman–Crippen MR) is 90.3 cm³/mol. The Morgan fingerprint density at radius 3 is 2.71 bits per heavy atom. The molecule has 7 heteroatoms. The van der Waals surface area contributed by atoms with Crippen molar-refractivity contribution in [3.8, 4) is 5.82 Å². The van der Waals surface area contributed by atoms with Gasteiger partial charge >= 0.3 is 0 Å². The number of methoxy groups -OCH3 is 1. The highest BCUT2D eigenvalue weighted by molar-refractivity contribution is 5.39. The summed E-state index contributed by atoms with van der Waals surface area (Å²) in [5.41, 5.74) is 1.95. The van der Waals surface area contributed by atoms with Gasteiger partial charge in [0.2, 0.25) is 0 Å². The molecule has 7 nitrogen and oxygen atoms in total. The van der Waals surface area contributed by atoms with Crippen LogP contribution < -0.4 is 5.32 Å². The maximum absolute atomic E-state index is 5.70. The van der Waals surface area contributed by atoms with Gasteiger partial charge in [-0.2, -0.15) is 5.10 Å². The second kappa shape index (κ2) is 6.84. The lowest BCUT2D eigenvalue weighted by atomic mass is 10.2. The molecule has 24 heavy (non-hydrogen) atoms. The van der Waals surface area contributed by atoms with Gasteiger partial charge in [0.05, 0.1) is 24.7 Å². The molecular weight excluding hydrogens is 306 g/mol. The van der Waals surface area contributed by atoms with Crippen LogP contribution in [0.15, 0.2) is 35.0 Å². The Hall–Kier alpha value is -2.67. The van der Waals surface area contributed by atoms with Crippen molar-refractivity contribution in [3.63, 3.8) is 0 Å². The van der Waals surface area contributed by atoms with E-state index in [-0.39, 0.29) is 6.04 Å². The van der Waals surface area contributed by atoms with Gasteiger partial charge in [-0.15, -0.1) is 0 Å². The van der Waals surface area contributed by atoms with Crippen LogP contribution in [0, 0.1) is 20.8 Å². The van der Waals surface area contributed by atoms with E-state index in [1.807, 2.05) is 39.0 Å². The van der Waals surface area contributed by atoms with Gasteiger partial charge in [-0.1, -0.05) is 0 Å². The maximum atomic E-state index is 5.70. The number of furan rings is 1.